The first-order valence-corrected chi connectivity index (χ1v) is 8.09. The number of nitrogens with zero attached hydrogens (tertiary/aromatic N) is 1. The molecule has 0 spiro atoms. The number of hydrogen-bond acceptors (Lipinski definition) is 2. The zero-order valence-corrected chi connectivity index (χ0v) is 14.0. The molecule has 0 aromatic heterocycles. The molecular weight excluding hydrogens is 345 g/mol. The molecule has 1 aliphatic rings. The second kappa shape index (κ2) is 6.82. The third kappa shape index (κ3) is 3.87. The van der Waals surface area contributed by atoms with E-state index in [4.69, 9.17) is 0 Å². The van der Waals surface area contributed by atoms with Crippen molar-refractivity contribution >= 4 is 23.2 Å². The van der Waals surface area contributed by atoms with Gasteiger partial charge in [-0.3, -0.25) is 9.59 Å². The van der Waals surface area contributed by atoms with E-state index in [0.29, 0.717) is 5.69 Å². The summed E-state index contributed by atoms with van der Waals surface area (Å²) in [6, 6.07) is 11.8. The monoisotopic (exact) mass is 362 g/mol. The van der Waals surface area contributed by atoms with Crippen LogP contribution in [0.3, 0.4) is 0 Å². The zero-order chi connectivity index (χ0) is 18.9. The zero-order valence-electron chi connectivity index (χ0n) is 14.0. The van der Waals surface area contributed by atoms with Crippen LogP contribution in [-0.4, -0.2) is 18.4 Å². The minimum absolute atomic E-state index is 0.0265. The number of amides is 2. The Morgan fingerprint density at radius 1 is 1.15 bits per heavy atom. The molecule has 1 saturated heterocycles. The van der Waals surface area contributed by atoms with Gasteiger partial charge in [0.2, 0.25) is 11.8 Å². The topological polar surface area (TPSA) is 49.4 Å². The molecule has 0 bridgehead atoms. The number of aryl methyl sites for hydroxylation is 1. The molecular formula is C19H17F3N2O2. The maximum absolute atomic E-state index is 12.8. The van der Waals surface area contributed by atoms with Crippen molar-refractivity contribution in [1.29, 1.82) is 0 Å². The summed E-state index contributed by atoms with van der Waals surface area (Å²) in [5.74, 6) is -1.26. The molecule has 0 aliphatic carbocycles. The number of benzene rings is 2. The van der Waals surface area contributed by atoms with Crippen LogP contribution in [-0.2, 0) is 15.8 Å². The third-order valence-corrected chi connectivity index (χ3v) is 4.27. The molecule has 1 N–H and O–H groups in total. The van der Waals surface area contributed by atoms with Gasteiger partial charge in [0.1, 0.15) is 0 Å². The molecule has 1 aliphatic heterocycles. The molecule has 1 heterocycles. The Hall–Kier alpha value is -2.83. The molecule has 136 valence electrons. The minimum Gasteiger partial charge on any atom is -0.326 e. The van der Waals surface area contributed by atoms with E-state index in [1.165, 1.54) is 17.0 Å². The van der Waals surface area contributed by atoms with Crippen LogP contribution in [0.1, 0.15) is 17.5 Å². The van der Waals surface area contributed by atoms with Gasteiger partial charge in [-0.15, -0.1) is 0 Å². The van der Waals surface area contributed by atoms with Gasteiger partial charge >= 0.3 is 6.18 Å². The molecule has 26 heavy (non-hydrogen) atoms. The standard InChI is InChI=1S/C19H17F3N2O2/c1-12-4-2-7-16(8-12)24-11-13(9-17(24)25)18(26)23-15-6-3-5-14(10-15)19(20,21)22/h2-8,10,13H,9,11H2,1H3,(H,23,26)/t13-/m1/s1. The first-order valence-electron chi connectivity index (χ1n) is 8.09. The van der Waals surface area contributed by atoms with Crippen LogP contribution in [0.5, 0.6) is 0 Å². The number of halogens is 3. The van der Waals surface area contributed by atoms with Gasteiger partial charge in [0.05, 0.1) is 11.5 Å². The molecule has 3 rings (SSSR count). The molecule has 0 saturated carbocycles. The van der Waals surface area contributed by atoms with Crippen molar-refractivity contribution in [1.82, 2.24) is 0 Å². The average Bonchev–Trinajstić information content (AvgIpc) is 2.96. The number of carbonyl (C=O) groups is 2. The van der Waals surface area contributed by atoms with Gasteiger partial charge in [-0.05, 0) is 42.8 Å². The Bertz CT molecular complexity index is 849. The summed E-state index contributed by atoms with van der Waals surface area (Å²) in [4.78, 5) is 26.2. The largest absolute Gasteiger partial charge is 0.416 e. The highest BCUT2D eigenvalue weighted by molar-refractivity contribution is 6.03. The Morgan fingerprint density at radius 2 is 1.88 bits per heavy atom. The maximum atomic E-state index is 12.8. The molecule has 2 amide bonds. The fourth-order valence-corrected chi connectivity index (χ4v) is 2.95. The normalized spacial score (nSPS) is 17.5. The van der Waals surface area contributed by atoms with E-state index in [9.17, 15) is 22.8 Å². The molecule has 1 atom stereocenters. The first kappa shape index (κ1) is 18.0. The van der Waals surface area contributed by atoms with Gasteiger partial charge in [-0.2, -0.15) is 13.2 Å². The van der Waals surface area contributed by atoms with Gasteiger partial charge in [0.15, 0.2) is 0 Å². The quantitative estimate of drug-likeness (QED) is 0.897. The summed E-state index contributed by atoms with van der Waals surface area (Å²) in [5.41, 5.74) is 0.932. The number of alkyl halides is 3. The highest BCUT2D eigenvalue weighted by atomic mass is 19.4. The van der Waals surface area contributed by atoms with Crippen molar-refractivity contribution in [3.63, 3.8) is 0 Å². The van der Waals surface area contributed by atoms with Gasteiger partial charge in [-0.1, -0.05) is 18.2 Å². The Morgan fingerprint density at radius 3 is 2.58 bits per heavy atom. The summed E-state index contributed by atoms with van der Waals surface area (Å²) in [5, 5.41) is 2.48. The van der Waals surface area contributed by atoms with Crippen molar-refractivity contribution in [2.45, 2.75) is 19.5 Å². The van der Waals surface area contributed by atoms with Crippen LogP contribution in [0.25, 0.3) is 0 Å². The van der Waals surface area contributed by atoms with Gasteiger partial charge in [-0.25, -0.2) is 0 Å². The van der Waals surface area contributed by atoms with Crippen molar-refractivity contribution < 1.29 is 22.8 Å². The molecule has 2 aromatic rings. The fraction of sp³-hybridized carbons (Fsp3) is 0.263. The minimum atomic E-state index is -4.48. The van der Waals surface area contributed by atoms with Crippen molar-refractivity contribution in [2.24, 2.45) is 5.92 Å². The van der Waals surface area contributed by atoms with Crippen molar-refractivity contribution in [2.75, 3.05) is 16.8 Å². The van der Waals surface area contributed by atoms with Gasteiger partial charge in [0.25, 0.3) is 0 Å². The lowest BCUT2D eigenvalue weighted by Crippen LogP contribution is -2.28. The first-order chi connectivity index (χ1) is 12.2. The second-order valence-corrected chi connectivity index (χ2v) is 6.31. The number of nitrogens with one attached hydrogen (secondary N) is 1. The van der Waals surface area contributed by atoms with E-state index < -0.39 is 23.6 Å². The van der Waals surface area contributed by atoms with Crippen LogP contribution in [0.4, 0.5) is 24.5 Å². The van der Waals surface area contributed by atoms with Crippen LogP contribution in [0.15, 0.2) is 48.5 Å². The van der Waals surface area contributed by atoms with Crippen LogP contribution in [0, 0.1) is 12.8 Å². The lowest BCUT2D eigenvalue weighted by molar-refractivity contribution is -0.137. The van der Waals surface area contributed by atoms with Gasteiger partial charge < -0.3 is 10.2 Å². The van der Waals surface area contributed by atoms with Crippen LogP contribution < -0.4 is 10.2 Å². The fourth-order valence-electron chi connectivity index (χ4n) is 2.95. The van der Waals surface area contributed by atoms with E-state index in [-0.39, 0.29) is 24.6 Å². The summed E-state index contributed by atoms with van der Waals surface area (Å²) in [6.07, 6.45) is -4.45. The smallest absolute Gasteiger partial charge is 0.326 e. The maximum Gasteiger partial charge on any atom is 0.416 e. The Balaban J connectivity index is 1.71. The lowest BCUT2D eigenvalue weighted by Gasteiger charge is -2.17. The number of rotatable bonds is 3. The highest BCUT2D eigenvalue weighted by Crippen LogP contribution is 2.31. The molecule has 0 unspecified atom stereocenters. The van der Waals surface area contributed by atoms with E-state index >= 15 is 0 Å². The average molecular weight is 362 g/mol. The Labute approximate surface area is 148 Å². The van der Waals surface area contributed by atoms with Crippen LogP contribution >= 0.6 is 0 Å². The SMILES string of the molecule is Cc1cccc(N2C[C@H](C(=O)Nc3cccc(C(F)(F)F)c3)CC2=O)c1. The number of anilines is 2. The van der Waals surface area contributed by atoms with Crippen LogP contribution in [0.2, 0.25) is 0 Å². The Kier molecular flexibility index (Phi) is 4.71. The highest BCUT2D eigenvalue weighted by Gasteiger charge is 2.35. The van der Waals surface area contributed by atoms with E-state index in [0.717, 1.165) is 17.7 Å². The molecule has 7 heteroatoms. The predicted octanol–water partition coefficient (Wildman–Crippen LogP) is 4.01. The predicted molar refractivity (Wildman–Crippen MR) is 91.7 cm³/mol. The van der Waals surface area contributed by atoms with E-state index in [2.05, 4.69) is 5.32 Å². The molecule has 1 fully saturated rings. The second-order valence-electron chi connectivity index (χ2n) is 6.31. The molecule has 0 radical (unpaired) electrons. The number of hydrogen-bond donors (Lipinski definition) is 1. The van der Waals surface area contributed by atoms with Crippen molar-refractivity contribution in [3.05, 3.63) is 59.7 Å². The summed E-state index contributed by atoms with van der Waals surface area (Å²) in [6.45, 7) is 2.11. The van der Waals surface area contributed by atoms with Gasteiger partial charge in [0, 0.05) is 24.3 Å². The summed E-state index contributed by atoms with van der Waals surface area (Å²) < 4.78 is 38.3. The number of carbonyl (C=O) groups excluding carboxylic acids is 2. The summed E-state index contributed by atoms with van der Waals surface area (Å²) in [7, 11) is 0. The molecule has 4 nitrogen and oxygen atoms in total. The van der Waals surface area contributed by atoms with E-state index in [1.54, 1.807) is 6.07 Å². The summed E-state index contributed by atoms with van der Waals surface area (Å²) >= 11 is 0. The molecule has 2 aromatic carbocycles. The third-order valence-electron chi connectivity index (χ3n) is 4.27. The van der Waals surface area contributed by atoms with Crippen molar-refractivity contribution in [3.8, 4) is 0 Å². The lowest BCUT2D eigenvalue weighted by atomic mass is 10.1. The van der Waals surface area contributed by atoms with E-state index in [1.807, 2.05) is 25.1 Å².